The summed E-state index contributed by atoms with van der Waals surface area (Å²) in [6.07, 6.45) is 5.00. The first-order valence-electron chi connectivity index (χ1n) is 8.38. The van der Waals surface area contributed by atoms with Crippen molar-refractivity contribution in [3.63, 3.8) is 0 Å². The SMILES string of the molecule is COc1ccc(/C(C)=N\NC(=S)N[C@H]2CCCC[C@H]2C)cc1OC. The molecule has 0 saturated heterocycles. The number of nitrogens with zero attached hydrogens (tertiary/aromatic N) is 1. The summed E-state index contributed by atoms with van der Waals surface area (Å²) in [6, 6.07) is 6.16. The topological polar surface area (TPSA) is 54.9 Å². The summed E-state index contributed by atoms with van der Waals surface area (Å²) >= 11 is 5.37. The maximum atomic E-state index is 5.37. The van der Waals surface area contributed by atoms with Gasteiger partial charge in [0.1, 0.15) is 0 Å². The monoisotopic (exact) mass is 349 g/mol. The van der Waals surface area contributed by atoms with Crippen LogP contribution >= 0.6 is 12.2 Å². The van der Waals surface area contributed by atoms with Gasteiger partial charge in [-0.15, -0.1) is 0 Å². The highest BCUT2D eigenvalue weighted by Crippen LogP contribution is 2.27. The Morgan fingerprint density at radius 3 is 2.54 bits per heavy atom. The van der Waals surface area contributed by atoms with Crippen molar-refractivity contribution in [1.29, 1.82) is 0 Å². The number of thiocarbonyl (C=S) groups is 1. The lowest BCUT2D eigenvalue weighted by Crippen LogP contribution is -2.44. The smallest absolute Gasteiger partial charge is 0.187 e. The van der Waals surface area contributed by atoms with Crippen molar-refractivity contribution in [2.24, 2.45) is 11.0 Å². The van der Waals surface area contributed by atoms with E-state index in [1.54, 1.807) is 14.2 Å². The largest absolute Gasteiger partial charge is 0.493 e. The lowest BCUT2D eigenvalue weighted by atomic mass is 9.86. The van der Waals surface area contributed by atoms with Crippen LogP contribution in [0.3, 0.4) is 0 Å². The minimum atomic E-state index is 0.440. The van der Waals surface area contributed by atoms with Gasteiger partial charge in [0.15, 0.2) is 16.6 Å². The van der Waals surface area contributed by atoms with Crippen LogP contribution in [0.15, 0.2) is 23.3 Å². The van der Waals surface area contributed by atoms with Gasteiger partial charge in [-0.2, -0.15) is 5.10 Å². The van der Waals surface area contributed by atoms with Gasteiger partial charge < -0.3 is 14.8 Å². The summed E-state index contributed by atoms with van der Waals surface area (Å²) in [5.74, 6) is 2.03. The van der Waals surface area contributed by atoms with Crippen molar-refractivity contribution in [1.82, 2.24) is 10.7 Å². The fraction of sp³-hybridized carbons (Fsp3) is 0.556. The summed E-state index contributed by atoms with van der Waals surface area (Å²) in [7, 11) is 3.24. The van der Waals surface area contributed by atoms with E-state index in [4.69, 9.17) is 21.7 Å². The molecule has 0 spiro atoms. The molecule has 0 unspecified atom stereocenters. The lowest BCUT2D eigenvalue weighted by Gasteiger charge is -2.30. The second-order valence-corrected chi connectivity index (χ2v) is 6.63. The van der Waals surface area contributed by atoms with E-state index in [1.807, 2.05) is 25.1 Å². The first-order valence-corrected chi connectivity index (χ1v) is 8.79. The number of methoxy groups -OCH3 is 2. The van der Waals surface area contributed by atoms with Gasteiger partial charge in [-0.05, 0) is 56.1 Å². The Bertz CT molecular complexity index is 604. The predicted octanol–water partition coefficient (Wildman–Crippen LogP) is 3.47. The molecule has 1 saturated carbocycles. The summed E-state index contributed by atoms with van der Waals surface area (Å²) in [5.41, 5.74) is 4.73. The van der Waals surface area contributed by atoms with Crippen LogP contribution in [-0.2, 0) is 0 Å². The standard InChI is InChI=1S/C18H27N3O2S/c1-12-7-5-6-8-15(12)19-18(24)21-20-13(2)14-9-10-16(22-3)17(11-14)23-4/h9-12,15H,5-8H2,1-4H3,(H2,19,21,24)/b20-13-/t12-,15+/m1/s1. The van der Waals surface area contributed by atoms with Crippen molar-refractivity contribution >= 4 is 23.0 Å². The molecule has 1 aromatic carbocycles. The molecule has 0 heterocycles. The molecular formula is C18H27N3O2S. The molecule has 2 rings (SSSR count). The highest BCUT2D eigenvalue weighted by molar-refractivity contribution is 7.80. The van der Waals surface area contributed by atoms with Crippen molar-refractivity contribution in [3.05, 3.63) is 23.8 Å². The zero-order valence-corrected chi connectivity index (χ0v) is 15.7. The third-order valence-corrected chi connectivity index (χ3v) is 4.76. The second-order valence-electron chi connectivity index (χ2n) is 6.22. The molecule has 24 heavy (non-hydrogen) atoms. The van der Waals surface area contributed by atoms with E-state index in [0.29, 0.717) is 28.6 Å². The minimum Gasteiger partial charge on any atom is -0.493 e. The van der Waals surface area contributed by atoms with E-state index < -0.39 is 0 Å². The summed E-state index contributed by atoms with van der Waals surface area (Å²) in [6.45, 7) is 4.21. The molecule has 1 aliphatic carbocycles. The van der Waals surface area contributed by atoms with E-state index in [-0.39, 0.29) is 0 Å². The van der Waals surface area contributed by atoms with E-state index in [1.165, 1.54) is 25.7 Å². The predicted molar refractivity (Wildman–Crippen MR) is 102 cm³/mol. The van der Waals surface area contributed by atoms with Crippen LogP contribution in [0.2, 0.25) is 0 Å². The van der Waals surface area contributed by atoms with E-state index in [9.17, 15) is 0 Å². The average Bonchev–Trinajstić information content (AvgIpc) is 2.61. The third kappa shape index (κ3) is 4.84. The van der Waals surface area contributed by atoms with Crippen LogP contribution in [0.1, 0.15) is 45.1 Å². The molecule has 0 radical (unpaired) electrons. The van der Waals surface area contributed by atoms with Crippen molar-refractivity contribution in [2.45, 2.75) is 45.6 Å². The first-order chi connectivity index (χ1) is 11.5. The molecule has 2 N–H and O–H groups in total. The molecule has 5 nitrogen and oxygen atoms in total. The zero-order valence-electron chi connectivity index (χ0n) is 14.9. The van der Waals surface area contributed by atoms with Gasteiger partial charge in [-0.3, -0.25) is 5.43 Å². The Balaban J connectivity index is 1.96. The van der Waals surface area contributed by atoms with E-state index >= 15 is 0 Å². The number of rotatable bonds is 5. The van der Waals surface area contributed by atoms with E-state index in [2.05, 4.69) is 22.8 Å². The molecule has 0 bridgehead atoms. The molecule has 0 aromatic heterocycles. The molecule has 132 valence electrons. The van der Waals surface area contributed by atoms with Gasteiger partial charge in [-0.1, -0.05) is 19.8 Å². The summed E-state index contributed by atoms with van der Waals surface area (Å²) in [5, 5.41) is 8.34. The Hall–Kier alpha value is -1.82. The van der Waals surface area contributed by atoms with Gasteiger partial charge in [0.2, 0.25) is 0 Å². The molecule has 6 heteroatoms. The van der Waals surface area contributed by atoms with Crippen molar-refractivity contribution in [2.75, 3.05) is 14.2 Å². The number of hydrogen-bond donors (Lipinski definition) is 2. The highest BCUT2D eigenvalue weighted by Gasteiger charge is 2.21. The molecule has 2 atom stereocenters. The van der Waals surface area contributed by atoms with Crippen LogP contribution in [0.5, 0.6) is 11.5 Å². The lowest BCUT2D eigenvalue weighted by molar-refractivity contribution is 0.308. The highest BCUT2D eigenvalue weighted by atomic mass is 32.1. The van der Waals surface area contributed by atoms with E-state index in [0.717, 1.165) is 11.3 Å². The Labute approximate surface area is 149 Å². The van der Waals surface area contributed by atoms with Gasteiger partial charge >= 0.3 is 0 Å². The second kappa shape index (κ2) is 8.87. The zero-order chi connectivity index (χ0) is 17.5. The average molecular weight is 350 g/mol. The molecular weight excluding hydrogens is 322 g/mol. The molecule has 1 aliphatic rings. The first kappa shape index (κ1) is 18.5. The van der Waals surface area contributed by atoms with Gasteiger partial charge in [0.25, 0.3) is 0 Å². The summed E-state index contributed by atoms with van der Waals surface area (Å²) < 4.78 is 10.6. The maximum absolute atomic E-state index is 5.37. The number of hydrazone groups is 1. The van der Waals surface area contributed by atoms with Crippen LogP contribution < -0.4 is 20.2 Å². The van der Waals surface area contributed by atoms with Crippen molar-refractivity contribution in [3.8, 4) is 11.5 Å². The van der Waals surface area contributed by atoms with Gasteiger partial charge in [0.05, 0.1) is 19.9 Å². The maximum Gasteiger partial charge on any atom is 0.187 e. The number of hydrogen-bond acceptors (Lipinski definition) is 4. The van der Waals surface area contributed by atoms with Crippen LogP contribution in [0.4, 0.5) is 0 Å². The third-order valence-electron chi connectivity index (χ3n) is 4.55. The molecule has 0 amide bonds. The number of benzene rings is 1. The number of ether oxygens (including phenoxy) is 2. The molecule has 1 aromatic rings. The van der Waals surface area contributed by atoms with Crippen LogP contribution in [0.25, 0.3) is 0 Å². The molecule has 1 fully saturated rings. The van der Waals surface area contributed by atoms with Crippen molar-refractivity contribution < 1.29 is 9.47 Å². The normalized spacial score (nSPS) is 21.1. The number of nitrogens with one attached hydrogen (secondary N) is 2. The minimum absolute atomic E-state index is 0.440. The van der Waals surface area contributed by atoms with Gasteiger partial charge in [-0.25, -0.2) is 0 Å². The van der Waals surface area contributed by atoms with Gasteiger partial charge in [0, 0.05) is 11.6 Å². The van der Waals surface area contributed by atoms with Crippen LogP contribution in [-0.4, -0.2) is 31.1 Å². The Kier molecular flexibility index (Phi) is 6.85. The fourth-order valence-electron chi connectivity index (χ4n) is 2.99. The fourth-order valence-corrected chi connectivity index (χ4v) is 3.19. The summed E-state index contributed by atoms with van der Waals surface area (Å²) in [4.78, 5) is 0. The Morgan fingerprint density at radius 2 is 1.88 bits per heavy atom. The van der Waals surface area contributed by atoms with Crippen LogP contribution in [0, 0.1) is 5.92 Å². The Morgan fingerprint density at radius 1 is 1.17 bits per heavy atom. The quantitative estimate of drug-likeness (QED) is 0.484. The molecule has 0 aliphatic heterocycles.